The van der Waals surface area contributed by atoms with E-state index in [0.717, 1.165) is 10.4 Å². The number of nitrogens with one attached hydrogen (secondary N) is 1. The van der Waals surface area contributed by atoms with Gasteiger partial charge in [-0.2, -0.15) is 0 Å². The number of aryl methyl sites for hydroxylation is 1. The summed E-state index contributed by atoms with van der Waals surface area (Å²) in [5.41, 5.74) is 0.306. The number of halogens is 2. The number of nitro benzene ring substituents is 1. The highest BCUT2D eigenvalue weighted by Gasteiger charge is 2.35. The first-order valence-electron chi connectivity index (χ1n) is 13.2. The number of hydrogen-bond donors (Lipinski definition) is 1. The number of methoxy groups -OCH3 is 1. The number of benzene rings is 3. The van der Waals surface area contributed by atoms with Crippen molar-refractivity contribution in [3.05, 3.63) is 92.0 Å². The summed E-state index contributed by atoms with van der Waals surface area (Å²) < 4.78 is 34.5. The van der Waals surface area contributed by atoms with Crippen molar-refractivity contribution in [3.8, 4) is 5.75 Å². The number of nitro groups is 1. The van der Waals surface area contributed by atoms with Gasteiger partial charge in [0.15, 0.2) is 0 Å². The van der Waals surface area contributed by atoms with Crippen molar-refractivity contribution in [2.24, 2.45) is 0 Å². The third-order valence-corrected chi connectivity index (χ3v) is 9.03. The second kappa shape index (κ2) is 14.5. The SMILES string of the molecule is CCCNC(=O)[C@H](C)N(Cc1ccccc1Cl)C(=O)CN(c1cc(Cl)ccc1OC)S(=O)(=O)c1ccc(C)c([N+](=O)[O-])c1. The van der Waals surface area contributed by atoms with Crippen LogP contribution in [0.2, 0.25) is 10.0 Å². The van der Waals surface area contributed by atoms with E-state index in [2.05, 4.69) is 5.32 Å². The van der Waals surface area contributed by atoms with Crippen molar-refractivity contribution in [2.45, 2.75) is 44.7 Å². The molecule has 0 heterocycles. The van der Waals surface area contributed by atoms with Gasteiger partial charge in [-0.05, 0) is 56.2 Å². The van der Waals surface area contributed by atoms with Crippen LogP contribution in [0.15, 0.2) is 65.6 Å². The van der Waals surface area contributed by atoms with Crippen LogP contribution in [0.25, 0.3) is 0 Å². The van der Waals surface area contributed by atoms with Crippen molar-refractivity contribution in [1.82, 2.24) is 10.2 Å². The highest BCUT2D eigenvalue weighted by atomic mass is 35.5. The zero-order valence-corrected chi connectivity index (χ0v) is 26.4. The Bertz CT molecular complexity index is 1620. The Morgan fingerprint density at radius 1 is 1.09 bits per heavy atom. The lowest BCUT2D eigenvalue weighted by Gasteiger charge is -2.32. The van der Waals surface area contributed by atoms with Crippen LogP contribution < -0.4 is 14.4 Å². The van der Waals surface area contributed by atoms with E-state index in [0.29, 0.717) is 23.6 Å². The van der Waals surface area contributed by atoms with Crippen LogP contribution in [0, 0.1) is 17.0 Å². The summed E-state index contributed by atoms with van der Waals surface area (Å²) in [6.45, 7) is 4.37. The molecule has 2 amide bonds. The number of sulfonamides is 1. The van der Waals surface area contributed by atoms with Crippen molar-refractivity contribution in [2.75, 3.05) is 24.5 Å². The van der Waals surface area contributed by atoms with Crippen molar-refractivity contribution >= 4 is 56.4 Å². The normalized spacial score (nSPS) is 11.9. The monoisotopic (exact) mass is 650 g/mol. The fraction of sp³-hybridized carbons (Fsp3) is 0.310. The minimum absolute atomic E-state index is 0.0765. The minimum atomic E-state index is -4.63. The smallest absolute Gasteiger partial charge is 0.273 e. The molecular formula is C29H32Cl2N4O7S. The maximum absolute atomic E-state index is 14.1. The Hall–Kier alpha value is -3.87. The molecule has 43 heavy (non-hydrogen) atoms. The predicted octanol–water partition coefficient (Wildman–Crippen LogP) is 5.36. The molecule has 11 nitrogen and oxygen atoms in total. The Kier molecular flexibility index (Phi) is 11.4. The standard InChI is InChI=1S/C29H32Cl2N4O7S/c1-5-14-32-29(37)20(3)33(17-21-8-6-7-9-24(21)31)28(36)18-34(26-15-22(30)11-13-27(26)42-4)43(40,41)23-12-10-19(2)25(16-23)35(38)39/h6-13,15-16,20H,5,14,17-18H2,1-4H3,(H,32,37)/t20-/m0/s1. The average molecular weight is 652 g/mol. The van der Waals surface area contributed by atoms with E-state index in [9.17, 15) is 28.1 Å². The lowest BCUT2D eigenvalue weighted by molar-refractivity contribution is -0.385. The Morgan fingerprint density at radius 3 is 2.42 bits per heavy atom. The molecule has 3 rings (SSSR count). The summed E-state index contributed by atoms with van der Waals surface area (Å²) in [6, 6.07) is 13.4. The van der Waals surface area contributed by atoms with Crippen molar-refractivity contribution in [1.29, 1.82) is 0 Å². The van der Waals surface area contributed by atoms with Gasteiger partial charge in [0.05, 0.1) is 22.6 Å². The molecule has 0 radical (unpaired) electrons. The van der Waals surface area contributed by atoms with Gasteiger partial charge in [-0.15, -0.1) is 0 Å². The summed E-state index contributed by atoms with van der Waals surface area (Å²) in [6.07, 6.45) is 0.667. The summed E-state index contributed by atoms with van der Waals surface area (Å²) in [4.78, 5) is 38.8. The van der Waals surface area contributed by atoms with E-state index in [1.165, 1.54) is 56.2 Å². The predicted molar refractivity (Wildman–Crippen MR) is 165 cm³/mol. The zero-order valence-electron chi connectivity index (χ0n) is 24.0. The molecule has 0 saturated heterocycles. The van der Waals surface area contributed by atoms with E-state index < -0.39 is 49.9 Å². The second-order valence-electron chi connectivity index (χ2n) is 9.61. The number of carbonyl (C=O) groups excluding carboxylic acids is 2. The van der Waals surface area contributed by atoms with Crippen LogP contribution in [0.1, 0.15) is 31.4 Å². The van der Waals surface area contributed by atoms with Crippen LogP contribution in [-0.4, -0.2) is 56.3 Å². The molecule has 0 aromatic heterocycles. The molecule has 0 bridgehead atoms. The highest BCUT2D eigenvalue weighted by Crippen LogP contribution is 2.36. The number of nitrogens with zero attached hydrogens (tertiary/aromatic N) is 3. The van der Waals surface area contributed by atoms with Crippen LogP contribution >= 0.6 is 23.2 Å². The maximum atomic E-state index is 14.1. The molecule has 1 N–H and O–H groups in total. The number of rotatable bonds is 13. The van der Waals surface area contributed by atoms with Gasteiger partial charge in [0.1, 0.15) is 18.3 Å². The number of ether oxygens (including phenoxy) is 1. The van der Waals surface area contributed by atoms with Crippen molar-refractivity contribution in [3.63, 3.8) is 0 Å². The Balaban J connectivity index is 2.16. The molecular weight excluding hydrogens is 619 g/mol. The van der Waals surface area contributed by atoms with Gasteiger partial charge in [0, 0.05) is 34.8 Å². The van der Waals surface area contributed by atoms with Gasteiger partial charge in [-0.1, -0.05) is 54.4 Å². The van der Waals surface area contributed by atoms with E-state index in [4.69, 9.17) is 27.9 Å². The molecule has 3 aromatic rings. The lowest BCUT2D eigenvalue weighted by Crippen LogP contribution is -2.51. The van der Waals surface area contributed by atoms with Gasteiger partial charge in [0.25, 0.3) is 15.7 Å². The molecule has 0 aliphatic rings. The second-order valence-corrected chi connectivity index (χ2v) is 12.3. The maximum Gasteiger partial charge on any atom is 0.273 e. The van der Waals surface area contributed by atoms with Crippen LogP contribution in [0.4, 0.5) is 11.4 Å². The van der Waals surface area contributed by atoms with Gasteiger partial charge in [-0.25, -0.2) is 8.42 Å². The molecule has 230 valence electrons. The van der Waals surface area contributed by atoms with Crippen LogP contribution in [-0.2, 0) is 26.2 Å². The first-order chi connectivity index (χ1) is 20.3. The third-order valence-electron chi connectivity index (χ3n) is 6.67. The third kappa shape index (κ3) is 7.95. The minimum Gasteiger partial charge on any atom is -0.495 e. The van der Waals surface area contributed by atoms with Gasteiger partial charge < -0.3 is 15.0 Å². The van der Waals surface area contributed by atoms with E-state index in [1.54, 1.807) is 24.3 Å². The Morgan fingerprint density at radius 2 is 1.79 bits per heavy atom. The zero-order chi connectivity index (χ0) is 31.9. The van der Waals surface area contributed by atoms with Gasteiger partial charge >= 0.3 is 0 Å². The molecule has 0 unspecified atom stereocenters. The number of carbonyl (C=O) groups is 2. The molecule has 3 aromatic carbocycles. The fourth-order valence-electron chi connectivity index (χ4n) is 4.23. The molecule has 14 heteroatoms. The van der Waals surface area contributed by atoms with Crippen LogP contribution in [0.3, 0.4) is 0 Å². The van der Waals surface area contributed by atoms with E-state index in [1.807, 2.05) is 6.92 Å². The molecule has 0 aliphatic carbocycles. The highest BCUT2D eigenvalue weighted by molar-refractivity contribution is 7.92. The van der Waals surface area contributed by atoms with E-state index in [-0.39, 0.29) is 28.6 Å². The fourth-order valence-corrected chi connectivity index (χ4v) is 6.03. The number of anilines is 1. The molecule has 0 saturated carbocycles. The largest absolute Gasteiger partial charge is 0.495 e. The van der Waals surface area contributed by atoms with Gasteiger partial charge in [-0.3, -0.25) is 24.0 Å². The van der Waals surface area contributed by atoms with Crippen molar-refractivity contribution < 1.29 is 27.7 Å². The molecule has 0 spiro atoms. The lowest BCUT2D eigenvalue weighted by atomic mass is 10.1. The van der Waals surface area contributed by atoms with Gasteiger partial charge in [0.2, 0.25) is 11.8 Å². The molecule has 0 fully saturated rings. The quantitative estimate of drug-likeness (QED) is 0.194. The van der Waals surface area contributed by atoms with E-state index >= 15 is 0 Å². The Labute approximate surface area is 260 Å². The number of amides is 2. The average Bonchev–Trinajstić information content (AvgIpc) is 2.97. The first kappa shape index (κ1) is 33.6. The van der Waals surface area contributed by atoms with Crippen LogP contribution in [0.5, 0.6) is 5.75 Å². The summed E-state index contributed by atoms with van der Waals surface area (Å²) >= 11 is 12.6. The topological polar surface area (TPSA) is 139 Å². The summed E-state index contributed by atoms with van der Waals surface area (Å²) in [5, 5.41) is 14.9. The summed E-state index contributed by atoms with van der Waals surface area (Å²) in [5.74, 6) is -1.11. The number of hydrogen-bond acceptors (Lipinski definition) is 7. The summed E-state index contributed by atoms with van der Waals surface area (Å²) in [7, 11) is -3.31. The molecule has 0 aliphatic heterocycles. The first-order valence-corrected chi connectivity index (χ1v) is 15.4. The molecule has 1 atom stereocenters.